The number of ketones is 2. The largest absolute Gasteiger partial charge is 0.450 e. The van der Waals surface area contributed by atoms with E-state index in [-0.39, 0.29) is 53.1 Å². The lowest BCUT2D eigenvalue weighted by Crippen LogP contribution is -2.70. The SMILES string of the molecule is CCC(=O)O[C@@]1(C(=O)CCl)[C@@H](C)C[C@H]2[C@@H]3CC[C@H]4CC(=O)CC[C@]4(C)[C@@]3(Cl)[C@@H](Cl)C[C@@]21C. The fourth-order valence-electron chi connectivity index (χ4n) is 8.52. The van der Waals surface area contributed by atoms with Gasteiger partial charge in [0.2, 0.25) is 0 Å². The molecule has 4 aliphatic carbocycles. The summed E-state index contributed by atoms with van der Waals surface area (Å²) in [6.07, 6.45) is 5.15. The van der Waals surface area contributed by atoms with E-state index in [1.807, 2.05) is 6.92 Å². The predicted molar refractivity (Wildman–Crippen MR) is 126 cm³/mol. The minimum absolute atomic E-state index is 0.0904. The molecule has 0 aromatic rings. The quantitative estimate of drug-likeness (QED) is 0.351. The highest BCUT2D eigenvalue weighted by atomic mass is 35.5. The molecule has 4 rings (SSSR count). The number of halogens is 3. The molecular weight excluding hydrogens is 471 g/mol. The summed E-state index contributed by atoms with van der Waals surface area (Å²) in [7, 11) is 0. The summed E-state index contributed by atoms with van der Waals surface area (Å²) in [5, 5.41) is -0.399. The van der Waals surface area contributed by atoms with E-state index in [0.717, 1.165) is 25.7 Å². The van der Waals surface area contributed by atoms with Gasteiger partial charge in [-0.25, -0.2) is 0 Å². The van der Waals surface area contributed by atoms with E-state index < -0.39 is 21.3 Å². The van der Waals surface area contributed by atoms with Gasteiger partial charge in [-0.3, -0.25) is 14.4 Å². The Bertz CT molecular complexity index is 832. The number of hydrogen-bond acceptors (Lipinski definition) is 4. The summed E-state index contributed by atoms with van der Waals surface area (Å²) in [5.41, 5.74) is -2.14. The second kappa shape index (κ2) is 8.12. The average molecular weight is 506 g/mol. The van der Waals surface area contributed by atoms with Crippen molar-refractivity contribution >= 4 is 52.3 Å². The Morgan fingerprint density at radius 3 is 2.47 bits per heavy atom. The first-order valence-electron chi connectivity index (χ1n) is 12.1. The number of hydrogen-bond donors (Lipinski definition) is 0. The summed E-state index contributed by atoms with van der Waals surface area (Å²) < 4.78 is 6.07. The first-order chi connectivity index (χ1) is 14.9. The first kappa shape index (κ1) is 24.8. The molecule has 0 unspecified atom stereocenters. The van der Waals surface area contributed by atoms with Crippen molar-refractivity contribution in [2.24, 2.45) is 34.5 Å². The van der Waals surface area contributed by atoms with E-state index in [4.69, 9.17) is 39.5 Å². The molecule has 0 radical (unpaired) electrons. The standard InChI is InChI=1S/C25H35Cl3O4/c1-5-21(31)32-25(20(30)13-26)14(2)10-18-17-7-6-15-11-16(29)8-9-22(15,3)24(17,28)19(27)12-23(18,25)4/h14-15,17-19H,5-13H2,1-4H3/t14-,15-,17-,18-,19-,22-,23-,24-,25+/m0/s1. The van der Waals surface area contributed by atoms with E-state index in [1.165, 1.54) is 0 Å². The fraction of sp³-hybridized carbons (Fsp3) is 0.880. The molecule has 0 aliphatic heterocycles. The van der Waals surface area contributed by atoms with Gasteiger partial charge in [-0.15, -0.1) is 34.8 Å². The van der Waals surface area contributed by atoms with Crippen LogP contribution in [-0.2, 0) is 19.1 Å². The lowest BCUT2D eigenvalue weighted by Gasteiger charge is -2.66. The van der Waals surface area contributed by atoms with Crippen molar-refractivity contribution in [1.29, 1.82) is 0 Å². The molecule has 4 aliphatic rings. The van der Waals surface area contributed by atoms with Crippen molar-refractivity contribution < 1.29 is 19.1 Å². The first-order valence-corrected chi connectivity index (χ1v) is 13.4. The summed E-state index contributed by atoms with van der Waals surface area (Å²) in [4.78, 5) is 37.5. The Morgan fingerprint density at radius 1 is 1.16 bits per heavy atom. The Hall–Kier alpha value is -0.320. The monoisotopic (exact) mass is 504 g/mol. The van der Waals surface area contributed by atoms with Crippen molar-refractivity contribution in [2.75, 3.05) is 5.88 Å². The third kappa shape index (κ3) is 2.97. The second-order valence-corrected chi connectivity index (χ2v) is 12.7. The molecule has 0 aromatic heterocycles. The Labute approximate surface area is 206 Å². The maximum absolute atomic E-state index is 13.4. The van der Waals surface area contributed by atoms with Crippen LogP contribution in [0.15, 0.2) is 0 Å². The molecular formula is C25H35Cl3O4. The molecule has 0 aromatic carbocycles. The Morgan fingerprint density at radius 2 is 1.84 bits per heavy atom. The third-order valence-electron chi connectivity index (χ3n) is 10.2. The molecule has 4 nitrogen and oxygen atoms in total. The maximum Gasteiger partial charge on any atom is 0.306 e. The molecule has 0 amide bonds. The molecule has 9 atom stereocenters. The average Bonchev–Trinajstić information content (AvgIpc) is 2.96. The maximum atomic E-state index is 13.4. The number of esters is 1. The van der Waals surface area contributed by atoms with Gasteiger partial charge >= 0.3 is 5.97 Å². The molecule has 32 heavy (non-hydrogen) atoms. The zero-order valence-electron chi connectivity index (χ0n) is 19.5. The molecule has 0 spiro atoms. The molecule has 7 heteroatoms. The van der Waals surface area contributed by atoms with Gasteiger partial charge in [0.15, 0.2) is 11.4 Å². The molecule has 0 bridgehead atoms. The van der Waals surface area contributed by atoms with Crippen LogP contribution in [0.5, 0.6) is 0 Å². The lowest BCUT2D eigenvalue weighted by molar-refractivity contribution is -0.195. The van der Waals surface area contributed by atoms with Crippen LogP contribution in [0.4, 0.5) is 0 Å². The van der Waals surface area contributed by atoms with E-state index in [1.54, 1.807) is 6.92 Å². The summed E-state index contributed by atoms with van der Waals surface area (Å²) in [6.45, 7) is 8.04. The lowest BCUT2D eigenvalue weighted by atomic mass is 9.43. The smallest absolute Gasteiger partial charge is 0.306 e. The van der Waals surface area contributed by atoms with Gasteiger partial charge in [-0.2, -0.15) is 0 Å². The number of ether oxygens (including phenoxy) is 1. The third-order valence-corrected chi connectivity index (χ3v) is 12.0. The second-order valence-electron chi connectivity index (χ2n) is 11.3. The van der Waals surface area contributed by atoms with Crippen LogP contribution < -0.4 is 0 Å². The van der Waals surface area contributed by atoms with Crippen molar-refractivity contribution in [3.05, 3.63) is 0 Å². The molecule has 180 valence electrons. The van der Waals surface area contributed by atoms with E-state index in [0.29, 0.717) is 25.0 Å². The number of carbonyl (C=O) groups is 3. The van der Waals surface area contributed by atoms with E-state index in [2.05, 4.69) is 13.8 Å². The molecule has 4 fully saturated rings. The van der Waals surface area contributed by atoms with Crippen LogP contribution in [0.1, 0.15) is 79.1 Å². The highest BCUT2D eigenvalue weighted by Crippen LogP contribution is 2.73. The predicted octanol–water partition coefficient (Wildman–Crippen LogP) is 5.92. The van der Waals surface area contributed by atoms with Crippen LogP contribution in [0.3, 0.4) is 0 Å². The van der Waals surface area contributed by atoms with E-state index in [9.17, 15) is 14.4 Å². The summed E-state index contributed by atoms with van der Waals surface area (Å²) in [5.74, 6) is -0.222. The number of rotatable bonds is 4. The Kier molecular flexibility index (Phi) is 6.29. The minimum Gasteiger partial charge on any atom is -0.450 e. The van der Waals surface area contributed by atoms with Gasteiger partial charge in [-0.05, 0) is 55.3 Å². The van der Waals surface area contributed by atoms with Gasteiger partial charge < -0.3 is 4.74 Å². The number of Topliss-reactive ketones (excluding diaryl/α,β-unsaturated/α-hetero) is 2. The van der Waals surface area contributed by atoms with Gasteiger partial charge in [0.25, 0.3) is 0 Å². The van der Waals surface area contributed by atoms with Gasteiger partial charge in [-0.1, -0.05) is 27.7 Å². The summed E-state index contributed by atoms with van der Waals surface area (Å²) >= 11 is 21.0. The zero-order chi connectivity index (χ0) is 23.7. The van der Waals surface area contributed by atoms with Crippen molar-refractivity contribution in [2.45, 2.75) is 94.9 Å². The van der Waals surface area contributed by atoms with Gasteiger partial charge in [0.05, 0.1) is 16.1 Å². The van der Waals surface area contributed by atoms with Crippen molar-refractivity contribution in [3.8, 4) is 0 Å². The van der Waals surface area contributed by atoms with Crippen molar-refractivity contribution in [3.63, 3.8) is 0 Å². The molecule has 0 N–H and O–H groups in total. The van der Waals surface area contributed by atoms with Gasteiger partial charge in [0.1, 0.15) is 5.78 Å². The minimum atomic E-state index is -1.28. The van der Waals surface area contributed by atoms with Crippen LogP contribution >= 0.6 is 34.8 Å². The highest BCUT2D eigenvalue weighted by molar-refractivity contribution is 6.33. The fourth-order valence-corrected chi connectivity index (χ4v) is 10.0. The van der Waals surface area contributed by atoms with Crippen molar-refractivity contribution in [1.82, 2.24) is 0 Å². The molecule has 4 saturated carbocycles. The highest BCUT2D eigenvalue weighted by Gasteiger charge is 2.76. The van der Waals surface area contributed by atoms with Crippen LogP contribution in [-0.4, -0.2) is 39.3 Å². The van der Waals surface area contributed by atoms with Crippen LogP contribution in [0, 0.1) is 34.5 Å². The topological polar surface area (TPSA) is 60.4 Å². The van der Waals surface area contributed by atoms with E-state index >= 15 is 0 Å². The summed E-state index contributed by atoms with van der Waals surface area (Å²) in [6, 6.07) is 0. The van der Waals surface area contributed by atoms with Gasteiger partial charge in [0, 0.05) is 30.6 Å². The normalized spacial score (nSPS) is 50.2. The molecule has 0 heterocycles. The molecule has 0 saturated heterocycles. The zero-order valence-corrected chi connectivity index (χ0v) is 21.8. The van der Waals surface area contributed by atoms with Crippen LogP contribution in [0.25, 0.3) is 0 Å². The number of carbonyl (C=O) groups excluding carboxylic acids is 3. The number of alkyl halides is 3. The van der Waals surface area contributed by atoms with Crippen LogP contribution in [0.2, 0.25) is 0 Å². The number of fused-ring (bicyclic) bond motifs is 5. The Balaban J connectivity index is 1.81.